The van der Waals surface area contributed by atoms with E-state index in [1.165, 1.54) is 0 Å². The van der Waals surface area contributed by atoms with E-state index < -0.39 is 26.8 Å². The molecule has 0 aromatic heterocycles. The Morgan fingerprint density at radius 3 is 1.81 bits per heavy atom. The van der Waals surface area contributed by atoms with E-state index >= 15 is 0 Å². The molecule has 0 amide bonds. The Morgan fingerprint density at radius 1 is 1.25 bits per heavy atom. The average Bonchev–Trinajstić information content (AvgIpc) is 2.10. The molecule has 0 saturated carbocycles. The molecular formula is C5H12N2O7P2. The van der Waals surface area contributed by atoms with Crippen LogP contribution in [-0.4, -0.2) is 47.5 Å². The summed E-state index contributed by atoms with van der Waals surface area (Å²) in [5.41, 5.74) is 0. The molecule has 0 aliphatic carbocycles. The molecule has 0 spiro atoms. The molecule has 0 rings (SSSR count). The van der Waals surface area contributed by atoms with Crippen LogP contribution in [0.25, 0.3) is 0 Å². The van der Waals surface area contributed by atoms with Crippen LogP contribution in [0.2, 0.25) is 0 Å². The summed E-state index contributed by atoms with van der Waals surface area (Å²) < 4.78 is 21.8. The fourth-order valence-corrected chi connectivity index (χ4v) is 2.81. The predicted molar refractivity (Wildman–Crippen MR) is 54.7 cm³/mol. The SMILES string of the molecule is C=CN(C=N)CC(O)(P(=O)(O)O)P(=O)(O)O. The standard InChI is InChI=1S/C5H12N2O7P2/c1-2-7(4-6)3-5(8,15(9,10)11)16(12,13)14/h2,4,6,8H,1,3H2,(H2,9,10,11)(H2,12,13,14). The Hall–Kier alpha value is -0.530. The van der Waals surface area contributed by atoms with Gasteiger partial charge in [0.25, 0.3) is 5.08 Å². The van der Waals surface area contributed by atoms with Gasteiger partial charge in [-0.05, 0) is 6.20 Å². The van der Waals surface area contributed by atoms with Gasteiger partial charge >= 0.3 is 15.2 Å². The fraction of sp³-hybridized carbons (Fsp3) is 0.400. The van der Waals surface area contributed by atoms with E-state index in [0.717, 1.165) is 6.20 Å². The molecule has 0 radical (unpaired) electrons. The lowest BCUT2D eigenvalue weighted by molar-refractivity contribution is 0.117. The minimum atomic E-state index is -5.49. The molecule has 0 bridgehead atoms. The summed E-state index contributed by atoms with van der Waals surface area (Å²) in [6, 6.07) is 0. The molecule has 94 valence electrons. The Balaban J connectivity index is 5.45. The summed E-state index contributed by atoms with van der Waals surface area (Å²) in [6.45, 7) is 1.99. The second kappa shape index (κ2) is 4.77. The maximum absolute atomic E-state index is 10.9. The second-order valence-corrected chi connectivity index (χ2v) is 6.85. The molecule has 0 fully saturated rings. The van der Waals surface area contributed by atoms with Gasteiger partial charge in [0.1, 0.15) is 0 Å². The van der Waals surface area contributed by atoms with Crippen LogP contribution in [0, 0.1) is 5.41 Å². The van der Waals surface area contributed by atoms with Gasteiger partial charge < -0.3 is 29.6 Å². The highest BCUT2D eigenvalue weighted by atomic mass is 31.2. The van der Waals surface area contributed by atoms with Crippen molar-refractivity contribution in [2.75, 3.05) is 6.54 Å². The largest absolute Gasteiger partial charge is 0.371 e. The highest BCUT2D eigenvalue weighted by Crippen LogP contribution is 2.67. The van der Waals surface area contributed by atoms with E-state index in [0.29, 0.717) is 11.2 Å². The van der Waals surface area contributed by atoms with E-state index in [4.69, 9.17) is 25.0 Å². The molecule has 16 heavy (non-hydrogen) atoms. The van der Waals surface area contributed by atoms with E-state index in [-0.39, 0.29) is 0 Å². The number of aliphatic hydroxyl groups is 1. The van der Waals surface area contributed by atoms with Crippen LogP contribution in [0.15, 0.2) is 12.8 Å². The maximum atomic E-state index is 10.9. The van der Waals surface area contributed by atoms with E-state index in [2.05, 4.69) is 6.58 Å². The van der Waals surface area contributed by atoms with Crippen molar-refractivity contribution in [3.05, 3.63) is 12.8 Å². The van der Waals surface area contributed by atoms with Gasteiger partial charge in [0, 0.05) is 0 Å². The molecule has 0 saturated heterocycles. The number of hydrogen-bond donors (Lipinski definition) is 6. The Bertz CT molecular complexity index is 341. The van der Waals surface area contributed by atoms with Gasteiger partial charge in [0.15, 0.2) is 0 Å². The first-order valence-corrected chi connectivity index (χ1v) is 6.94. The Morgan fingerprint density at radius 2 is 1.62 bits per heavy atom. The predicted octanol–water partition coefficient (Wildman–Crippen LogP) is -0.960. The minimum absolute atomic E-state index is 0.503. The molecule has 0 aliphatic heterocycles. The lowest BCUT2D eigenvalue weighted by atomic mass is 10.6. The van der Waals surface area contributed by atoms with Gasteiger partial charge in [0.2, 0.25) is 0 Å². The van der Waals surface area contributed by atoms with Crippen LogP contribution in [0.5, 0.6) is 0 Å². The van der Waals surface area contributed by atoms with Gasteiger partial charge in [-0.2, -0.15) is 0 Å². The third-order valence-electron chi connectivity index (χ3n) is 1.73. The van der Waals surface area contributed by atoms with Gasteiger partial charge in [-0.3, -0.25) is 14.5 Å². The first-order chi connectivity index (χ1) is 6.99. The van der Waals surface area contributed by atoms with Crippen LogP contribution in [-0.2, 0) is 9.13 Å². The van der Waals surface area contributed by atoms with Crippen molar-refractivity contribution in [3.8, 4) is 0 Å². The minimum Gasteiger partial charge on any atom is -0.366 e. The summed E-state index contributed by atoms with van der Waals surface area (Å²) >= 11 is 0. The topological polar surface area (TPSA) is 162 Å². The first-order valence-electron chi connectivity index (χ1n) is 3.72. The van der Waals surface area contributed by atoms with Crippen LogP contribution in [0.1, 0.15) is 0 Å². The lowest BCUT2D eigenvalue weighted by Crippen LogP contribution is -2.40. The summed E-state index contributed by atoms with van der Waals surface area (Å²) in [4.78, 5) is 35.6. The van der Waals surface area contributed by atoms with E-state index in [9.17, 15) is 14.2 Å². The highest BCUT2D eigenvalue weighted by molar-refractivity contribution is 7.72. The van der Waals surface area contributed by atoms with E-state index in [1.54, 1.807) is 0 Å². The quantitative estimate of drug-likeness (QED) is 0.205. The summed E-state index contributed by atoms with van der Waals surface area (Å²) in [5, 5.41) is 12.6. The molecular weight excluding hydrogens is 262 g/mol. The molecule has 0 unspecified atom stereocenters. The normalized spacial score (nSPS) is 13.3. The zero-order valence-corrected chi connectivity index (χ0v) is 9.75. The number of nitrogens with one attached hydrogen (secondary N) is 1. The van der Waals surface area contributed by atoms with Crippen molar-refractivity contribution in [2.45, 2.75) is 5.08 Å². The van der Waals surface area contributed by atoms with E-state index in [1.807, 2.05) is 0 Å². The average molecular weight is 274 g/mol. The van der Waals surface area contributed by atoms with Crippen molar-refractivity contribution in [1.29, 1.82) is 5.41 Å². The number of hydrogen-bond acceptors (Lipinski definition) is 4. The van der Waals surface area contributed by atoms with Gasteiger partial charge in [-0.15, -0.1) is 0 Å². The fourth-order valence-electron chi connectivity index (χ4n) is 0.762. The van der Waals surface area contributed by atoms with Crippen LogP contribution < -0.4 is 0 Å². The van der Waals surface area contributed by atoms with Gasteiger partial charge in [0.05, 0.1) is 12.9 Å². The second-order valence-electron chi connectivity index (χ2n) is 2.85. The molecule has 0 atom stereocenters. The summed E-state index contributed by atoms with van der Waals surface area (Å²) in [5.74, 6) is 0. The molecule has 11 heteroatoms. The van der Waals surface area contributed by atoms with Gasteiger partial charge in [-0.25, -0.2) is 0 Å². The lowest BCUT2D eigenvalue weighted by Gasteiger charge is -2.31. The molecule has 0 heterocycles. The zero-order chi connectivity index (χ0) is 13.2. The van der Waals surface area contributed by atoms with Gasteiger partial charge in [-0.1, -0.05) is 6.58 Å². The monoisotopic (exact) mass is 274 g/mol. The summed E-state index contributed by atoms with van der Waals surface area (Å²) in [7, 11) is -11.0. The summed E-state index contributed by atoms with van der Waals surface area (Å²) in [6.07, 6.45) is 1.38. The smallest absolute Gasteiger partial charge is 0.366 e. The number of nitrogens with zero attached hydrogens (tertiary/aromatic N) is 1. The zero-order valence-electron chi connectivity index (χ0n) is 7.96. The van der Waals surface area contributed by atoms with Crippen molar-refractivity contribution in [2.24, 2.45) is 0 Å². The van der Waals surface area contributed by atoms with Crippen LogP contribution in [0.3, 0.4) is 0 Å². The Labute approximate surface area is 90.9 Å². The molecule has 9 nitrogen and oxygen atoms in total. The van der Waals surface area contributed by atoms with Crippen molar-refractivity contribution < 1.29 is 33.8 Å². The highest BCUT2D eigenvalue weighted by Gasteiger charge is 2.60. The Kier molecular flexibility index (Phi) is 4.61. The van der Waals surface area contributed by atoms with Crippen LogP contribution >= 0.6 is 15.2 Å². The third-order valence-corrected chi connectivity index (χ3v) is 5.44. The third kappa shape index (κ3) is 2.99. The maximum Gasteiger partial charge on any atom is 0.371 e. The van der Waals surface area contributed by atoms with Crippen LogP contribution in [0.4, 0.5) is 0 Å². The molecule has 0 aromatic rings. The number of rotatable bonds is 6. The molecule has 6 N–H and O–H groups in total. The van der Waals surface area contributed by atoms with Crippen molar-refractivity contribution >= 4 is 21.5 Å². The molecule has 0 aliphatic rings. The molecule has 0 aromatic carbocycles. The van der Waals surface area contributed by atoms with Crippen molar-refractivity contribution in [3.63, 3.8) is 0 Å². The first kappa shape index (κ1) is 15.5. The van der Waals surface area contributed by atoms with Crippen molar-refractivity contribution in [1.82, 2.24) is 4.90 Å².